The summed E-state index contributed by atoms with van der Waals surface area (Å²) in [4.78, 5) is 35.8. The number of nitrogens with two attached hydrogens (primary N) is 1. The number of rotatable bonds is 2. The van der Waals surface area contributed by atoms with Gasteiger partial charge in [0.25, 0.3) is 0 Å². The van der Waals surface area contributed by atoms with Crippen LogP contribution in [0.3, 0.4) is 0 Å². The van der Waals surface area contributed by atoms with Crippen LogP contribution in [0, 0.1) is 0 Å². The van der Waals surface area contributed by atoms with E-state index in [2.05, 4.69) is 0 Å². The smallest absolute Gasteiger partial charge is 0.352 e. The Morgan fingerprint density at radius 1 is 1.42 bits per heavy atom. The Hall–Kier alpha value is -0.990. The zero-order chi connectivity index (χ0) is 13.7. The molecule has 0 bridgehead atoms. The number of amides is 1. The molecule has 0 aromatic carbocycles. The lowest BCUT2D eigenvalue weighted by Crippen LogP contribution is -2.68. The maximum absolute atomic E-state index is 11.8. The lowest BCUT2D eigenvalue weighted by atomic mass is 10.0. The van der Waals surface area contributed by atoms with E-state index in [1.54, 1.807) is 0 Å². The first kappa shape index (κ1) is 13.0. The Bertz CT molecular complexity index is 519. The van der Waals surface area contributed by atoms with Crippen molar-refractivity contribution in [1.82, 2.24) is 4.90 Å². The number of β-lactam (4-membered cyclic amide) rings is 1. The molecule has 8 heteroatoms. The van der Waals surface area contributed by atoms with E-state index in [-0.39, 0.29) is 27.3 Å². The van der Waals surface area contributed by atoms with E-state index in [0.29, 0.717) is 24.2 Å². The SMILES string of the molecule is N[C@@H]1C(=O)N2C(C(=O)O)=C([C@H]3CCC(=O)S3)CS[C@H]12. The molecule has 3 atom stereocenters. The molecule has 0 radical (unpaired) electrons. The summed E-state index contributed by atoms with van der Waals surface area (Å²) in [7, 11) is 0. The molecule has 0 unspecified atom stereocenters. The zero-order valence-electron chi connectivity index (χ0n) is 9.87. The predicted molar refractivity (Wildman–Crippen MR) is 71.3 cm³/mol. The van der Waals surface area contributed by atoms with Crippen molar-refractivity contribution in [3.63, 3.8) is 0 Å². The molecule has 19 heavy (non-hydrogen) atoms. The molecule has 6 nitrogen and oxygen atoms in total. The van der Waals surface area contributed by atoms with Crippen LogP contribution in [0.1, 0.15) is 12.8 Å². The number of carboxylic acids is 1. The first-order valence-electron chi connectivity index (χ1n) is 5.86. The van der Waals surface area contributed by atoms with Crippen molar-refractivity contribution >= 4 is 40.5 Å². The summed E-state index contributed by atoms with van der Waals surface area (Å²) in [6, 6.07) is -0.612. The van der Waals surface area contributed by atoms with E-state index >= 15 is 0 Å². The van der Waals surface area contributed by atoms with Gasteiger partial charge >= 0.3 is 5.97 Å². The highest BCUT2D eigenvalue weighted by atomic mass is 32.2. The van der Waals surface area contributed by atoms with Crippen LogP contribution in [0.25, 0.3) is 0 Å². The van der Waals surface area contributed by atoms with E-state index in [1.807, 2.05) is 0 Å². The molecule has 1 amide bonds. The maximum Gasteiger partial charge on any atom is 0.352 e. The van der Waals surface area contributed by atoms with Crippen LogP contribution in [0.2, 0.25) is 0 Å². The number of fused-ring (bicyclic) bond motifs is 1. The minimum absolute atomic E-state index is 0.0441. The second-order valence-corrected chi connectivity index (χ2v) is 7.00. The van der Waals surface area contributed by atoms with E-state index in [0.717, 1.165) is 0 Å². The number of hydrogen-bond donors (Lipinski definition) is 2. The van der Waals surface area contributed by atoms with Crippen molar-refractivity contribution in [3.8, 4) is 0 Å². The monoisotopic (exact) mass is 300 g/mol. The van der Waals surface area contributed by atoms with Gasteiger partial charge in [0.1, 0.15) is 17.1 Å². The fourth-order valence-corrected chi connectivity index (χ4v) is 5.16. The Morgan fingerprint density at radius 2 is 2.16 bits per heavy atom. The van der Waals surface area contributed by atoms with Gasteiger partial charge in [-0.05, 0) is 12.0 Å². The second-order valence-electron chi connectivity index (χ2n) is 4.63. The molecule has 0 aliphatic carbocycles. The predicted octanol–water partition coefficient (Wildman–Crippen LogP) is -0.0103. The zero-order valence-corrected chi connectivity index (χ0v) is 11.5. The normalized spacial score (nSPS) is 34.4. The molecule has 3 rings (SSSR count). The number of carbonyl (C=O) groups excluding carboxylic acids is 2. The van der Waals surface area contributed by atoms with Gasteiger partial charge in [0.15, 0.2) is 5.12 Å². The average molecular weight is 300 g/mol. The van der Waals surface area contributed by atoms with Gasteiger partial charge in [-0.3, -0.25) is 14.5 Å². The summed E-state index contributed by atoms with van der Waals surface area (Å²) in [6.07, 6.45) is 1.11. The van der Waals surface area contributed by atoms with E-state index in [4.69, 9.17) is 5.73 Å². The highest BCUT2D eigenvalue weighted by molar-refractivity contribution is 8.14. The van der Waals surface area contributed by atoms with Crippen LogP contribution in [-0.2, 0) is 14.4 Å². The Morgan fingerprint density at radius 3 is 2.74 bits per heavy atom. The summed E-state index contributed by atoms with van der Waals surface area (Å²) in [6.45, 7) is 0. The molecule has 3 aliphatic rings. The van der Waals surface area contributed by atoms with Gasteiger partial charge in [-0.25, -0.2) is 4.79 Å². The van der Waals surface area contributed by atoms with Crippen molar-refractivity contribution in [2.75, 3.05) is 5.75 Å². The average Bonchev–Trinajstić information content (AvgIpc) is 2.82. The Balaban J connectivity index is 1.97. The van der Waals surface area contributed by atoms with Crippen LogP contribution in [0.4, 0.5) is 0 Å². The minimum atomic E-state index is -1.11. The number of carbonyl (C=O) groups is 3. The molecule has 3 aliphatic heterocycles. The fourth-order valence-electron chi connectivity index (χ4n) is 2.56. The van der Waals surface area contributed by atoms with Crippen molar-refractivity contribution < 1.29 is 19.5 Å². The lowest BCUT2D eigenvalue weighted by molar-refractivity contribution is -0.148. The number of thioether (sulfide) groups is 2. The molecular formula is C11H12N2O4S2. The Kier molecular flexibility index (Phi) is 3.11. The Labute approximate surface area is 117 Å². The molecular weight excluding hydrogens is 288 g/mol. The molecule has 2 fully saturated rings. The number of hydrogen-bond acceptors (Lipinski definition) is 6. The third-order valence-electron chi connectivity index (χ3n) is 3.51. The van der Waals surface area contributed by atoms with Crippen LogP contribution in [0.15, 0.2) is 11.3 Å². The summed E-state index contributed by atoms with van der Waals surface area (Å²) in [5, 5.41) is 9.06. The first-order valence-corrected chi connectivity index (χ1v) is 7.79. The van der Waals surface area contributed by atoms with Crippen LogP contribution in [-0.4, -0.2) is 49.4 Å². The van der Waals surface area contributed by atoms with Crippen LogP contribution >= 0.6 is 23.5 Å². The summed E-state index contributed by atoms with van der Waals surface area (Å²) in [5.74, 6) is -0.934. The minimum Gasteiger partial charge on any atom is -0.477 e. The lowest BCUT2D eigenvalue weighted by Gasteiger charge is -2.48. The second kappa shape index (κ2) is 4.53. The van der Waals surface area contributed by atoms with Crippen molar-refractivity contribution in [2.45, 2.75) is 29.5 Å². The third kappa shape index (κ3) is 1.89. The van der Waals surface area contributed by atoms with Crippen LogP contribution < -0.4 is 5.73 Å². The highest BCUT2D eigenvalue weighted by Gasteiger charge is 2.52. The van der Waals surface area contributed by atoms with Gasteiger partial charge in [0.05, 0.1) is 0 Å². The summed E-state index contributed by atoms with van der Waals surface area (Å²) >= 11 is 2.66. The van der Waals surface area contributed by atoms with Gasteiger partial charge in [0.2, 0.25) is 5.91 Å². The number of carboxylic acid groups (broad SMARTS) is 1. The topological polar surface area (TPSA) is 101 Å². The molecule has 3 N–H and O–H groups in total. The maximum atomic E-state index is 11.8. The third-order valence-corrected chi connectivity index (χ3v) is 6.11. The first-order chi connectivity index (χ1) is 9.00. The largest absolute Gasteiger partial charge is 0.477 e. The molecule has 3 heterocycles. The summed E-state index contributed by atoms with van der Waals surface area (Å²) in [5.41, 5.74) is 6.40. The van der Waals surface area contributed by atoms with Crippen molar-refractivity contribution in [1.29, 1.82) is 0 Å². The van der Waals surface area contributed by atoms with Gasteiger partial charge in [0, 0.05) is 17.4 Å². The molecule has 102 valence electrons. The van der Waals surface area contributed by atoms with E-state index < -0.39 is 12.0 Å². The fraction of sp³-hybridized carbons (Fsp3) is 0.545. The van der Waals surface area contributed by atoms with Gasteiger partial charge in [-0.2, -0.15) is 0 Å². The highest BCUT2D eigenvalue weighted by Crippen LogP contribution is 2.44. The molecule has 2 saturated heterocycles. The molecule has 0 aromatic heterocycles. The molecule has 0 saturated carbocycles. The quantitative estimate of drug-likeness (QED) is 0.692. The molecule has 0 aromatic rings. The van der Waals surface area contributed by atoms with Gasteiger partial charge in [-0.15, -0.1) is 11.8 Å². The molecule has 0 spiro atoms. The van der Waals surface area contributed by atoms with Gasteiger partial charge in [-0.1, -0.05) is 11.8 Å². The van der Waals surface area contributed by atoms with Gasteiger partial charge < -0.3 is 10.8 Å². The van der Waals surface area contributed by atoms with Crippen molar-refractivity contribution in [2.24, 2.45) is 5.73 Å². The number of aliphatic carboxylic acids is 1. The standard InChI is InChI=1S/C11H12N2O4S2/c12-7-9(15)13-8(11(16)17)4(3-18-10(7)13)5-1-2-6(14)19-5/h5,7,10H,1-3,12H2,(H,16,17)/t5-,7-,10-/m1/s1. The summed E-state index contributed by atoms with van der Waals surface area (Å²) < 4.78 is 0. The van der Waals surface area contributed by atoms with Crippen molar-refractivity contribution in [3.05, 3.63) is 11.3 Å². The van der Waals surface area contributed by atoms with E-state index in [9.17, 15) is 19.5 Å². The van der Waals surface area contributed by atoms with Crippen LogP contribution in [0.5, 0.6) is 0 Å². The number of nitrogens with zero attached hydrogens (tertiary/aromatic N) is 1. The van der Waals surface area contributed by atoms with E-state index in [1.165, 1.54) is 28.4 Å².